The van der Waals surface area contributed by atoms with Crippen LogP contribution in [0.5, 0.6) is 0 Å². The normalized spacial score (nSPS) is 14.9. The van der Waals surface area contributed by atoms with Crippen LogP contribution in [0.2, 0.25) is 0 Å². The molecule has 2 amide bonds. The minimum absolute atomic E-state index is 0.487. The summed E-state index contributed by atoms with van der Waals surface area (Å²) >= 11 is 0. The van der Waals surface area contributed by atoms with Gasteiger partial charge < -0.3 is 20.3 Å². The van der Waals surface area contributed by atoms with Gasteiger partial charge in [0.25, 0.3) is 0 Å². The number of hydrogen-bond donors (Lipinski definition) is 2. The molecule has 0 spiro atoms. The summed E-state index contributed by atoms with van der Waals surface area (Å²) in [7, 11) is 3.84. The topological polar surface area (TPSA) is 73.9 Å². The summed E-state index contributed by atoms with van der Waals surface area (Å²) in [6.45, 7) is 4.77. The number of rotatable bonds is 6. The van der Waals surface area contributed by atoms with Gasteiger partial charge in [-0.3, -0.25) is 14.5 Å². The molecule has 24 heavy (non-hydrogen) atoms. The van der Waals surface area contributed by atoms with Crippen molar-refractivity contribution in [3.63, 3.8) is 0 Å². The third-order valence-electron chi connectivity index (χ3n) is 3.87. The molecule has 1 aliphatic heterocycles. The molecule has 1 aromatic rings. The average molecular weight is 334 g/mol. The molecule has 2 rings (SSSR count). The summed E-state index contributed by atoms with van der Waals surface area (Å²) in [5.74, 6) is -1.25. The highest BCUT2D eigenvalue weighted by Crippen LogP contribution is 2.17. The van der Waals surface area contributed by atoms with Crippen LogP contribution >= 0.6 is 0 Å². The lowest BCUT2D eigenvalue weighted by atomic mass is 10.2. The molecule has 7 nitrogen and oxygen atoms in total. The highest BCUT2D eigenvalue weighted by atomic mass is 16.5. The lowest BCUT2D eigenvalue weighted by Gasteiger charge is -2.26. The minimum Gasteiger partial charge on any atom is -0.379 e. The zero-order valence-electron chi connectivity index (χ0n) is 14.4. The fourth-order valence-corrected chi connectivity index (χ4v) is 2.46. The lowest BCUT2D eigenvalue weighted by Crippen LogP contribution is -2.39. The van der Waals surface area contributed by atoms with Gasteiger partial charge in [0.1, 0.15) is 0 Å². The Morgan fingerprint density at radius 3 is 2.67 bits per heavy atom. The summed E-state index contributed by atoms with van der Waals surface area (Å²) < 4.78 is 5.29. The molecule has 0 aromatic heterocycles. The fraction of sp³-hybridized carbons (Fsp3) is 0.529. The molecule has 0 saturated carbocycles. The zero-order valence-corrected chi connectivity index (χ0v) is 14.4. The van der Waals surface area contributed by atoms with E-state index < -0.39 is 11.8 Å². The van der Waals surface area contributed by atoms with Gasteiger partial charge in [0.05, 0.1) is 13.2 Å². The van der Waals surface area contributed by atoms with Crippen molar-refractivity contribution in [1.29, 1.82) is 0 Å². The molecule has 0 bridgehead atoms. The maximum Gasteiger partial charge on any atom is 0.313 e. The molecule has 1 heterocycles. The smallest absolute Gasteiger partial charge is 0.313 e. The third-order valence-corrected chi connectivity index (χ3v) is 3.87. The number of ether oxygens (including phenoxy) is 1. The molecule has 0 unspecified atom stereocenters. The quantitative estimate of drug-likeness (QED) is 0.586. The van der Waals surface area contributed by atoms with Crippen LogP contribution in [0.4, 0.5) is 11.4 Å². The van der Waals surface area contributed by atoms with E-state index in [2.05, 4.69) is 15.5 Å². The van der Waals surface area contributed by atoms with Gasteiger partial charge >= 0.3 is 11.8 Å². The Kier molecular flexibility index (Phi) is 7.02. The molecule has 0 atom stereocenters. The van der Waals surface area contributed by atoms with Gasteiger partial charge in [-0.2, -0.15) is 0 Å². The first-order chi connectivity index (χ1) is 11.6. The second-order valence-corrected chi connectivity index (χ2v) is 5.96. The van der Waals surface area contributed by atoms with E-state index in [-0.39, 0.29) is 0 Å². The highest BCUT2D eigenvalue weighted by Gasteiger charge is 2.14. The van der Waals surface area contributed by atoms with Gasteiger partial charge in [-0.15, -0.1) is 0 Å². The van der Waals surface area contributed by atoms with Gasteiger partial charge in [-0.05, 0) is 31.2 Å². The predicted molar refractivity (Wildman–Crippen MR) is 94.3 cm³/mol. The van der Waals surface area contributed by atoms with Gasteiger partial charge in [-0.1, -0.05) is 6.07 Å². The van der Waals surface area contributed by atoms with Crippen LogP contribution in [0, 0.1) is 0 Å². The number of anilines is 2. The van der Waals surface area contributed by atoms with E-state index >= 15 is 0 Å². The molecule has 1 aliphatic rings. The number of hydrogen-bond acceptors (Lipinski definition) is 5. The second-order valence-electron chi connectivity index (χ2n) is 5.96. The van der Waals surface area contributed by atoms with Gasteiger partial charge in [0, 0.05) is 45.1 Å². The standard InChI is InChI=1S/C17H26N4O3/c1-20(2)15-6-3-5-14(13-15)19-17(23)16(22)18-7-4-8-21-9-11-24-12-10-21/h3,5-6,13H,4,7-12H2,1-2H3,(H,18,22)(H,19,23). The van der Waals surface area contributed by atoms with Crippen molar-refractivity contribution in [1.82, 2.24) is 10.2 Å². The van der Waals surface area contributed by atoms with Crippen molar-refractivity contribution in [3.8, 4) is 0 Å². The van der Waals surface area contributed by atoms with E-state index in [1.807, 2.05) is 37.2 Å². The van der Waals surface area contributed by atoms with Crippen LogP contribution in [0.3, 0.4) is 0 Å². The Morgan fingerprint density at radius 1 is 1.21 bits per heavy atom. The van der Waals surface area contributed by atoms with Crippen LogP contribution < -0.4 is 15.5 Å². The molecule has 1 aromatic carbocycles. The molecular formula is C17H26N4O3. The third kappa shape index (κ3) is 5.82. The Hall–Kier alpha value is -2.12. The maximum absolute atomic E-state index is 11.9. The summed E-state index contributed by atoms with van der Waals surface area (Å²) in [6, 6.07) is 7.35. The molecular weight excluding hydrogens is 308 g/mol. The van der Waals surface area contributed by atoms with E-state index in [1.54, 1.807) is 6.07 Å². The second kappa shape index (κ2) is 9.24. The molecule has 1 saturated heterocycles. The average Bonchev–Trinajstić information content (AvgIpc) is 2.59. The number of benzene rings is 1. The Balaban J connectivity index is 1.70. The van der Waals surface area contributed by atoms with E-state index in [1.165, 1.54) is 0 Å². The summed E-state index contributed by atoms with van der Waals surface area (Å²) in [5, 5.41) is 5.28. The Bertz CT molecular complexity index is 557. The van der Waals surface area contributed by atoms with E-state index in [4.69, 9.17) is 4.74 Å². The Labute approximate surface area is 142 Å². The molecule has 7 heteroatoms. The largest absolute Gasteiger partial charge is 0.379 e. The van der Waals surface area contributed by atoms with Crippen LogP contribution in [0.1, 0.15) is 6.42 Å². The number of nitrogens with zero attached hydrogens (tertiary/aromatic N) is 2. The lowest BCUT2D eigenvalue weighted by molar-refractivity contribution is -0.136. The summed E-state index contributed by atoms with van der Waals surface area (Å²) in [5.41, 5.74) is 1.56. The molecule has 0 radical (unpaired) electrons. The van der Waals surface area contributed by atoms with Gasteiger partial charge in [0.15, 0.2) is 0 Å². The summed E-state index contributed by atoms with van der Waals surface area (Å²) in [4.78, 5) is 28.0. The number of carbonyl (C=O) groups excluding carboxylic acids is 2. The maximum atomic E-state index is 11.9. The molecule has 132 valence electrons. The number of nitrogens with one attached hydrogen (secondary N) is 2. The number of amides is 2. The van der Waals surface area contributed by atoms with Crippen molar-refractivity contribution in [2.24, 2.45) is 0 Å². The van der Waals surface area contributed by atoms with Crippen molar-refractivity contribution in [2.45, 2.75) is 6.42 Å². The summed E-state index contributed by atoms with van der Waals surface area (Å²) in [6.07, 6.45) is 0.815. The zero-order chi connectivity index (χ0) is 17.4. The van der Waals surface area contributed by atoms with Crippen LogP contribution in [-0.2, 0) is 14.3 Å². The first kappa shape index (κ1) is 18.2. The fourth-order valence-electron chi connectivity index (χ4n) is 2.46. The van der Waals surface area contributed by atoms with Crippen LogP contribution in [0.25, 0.3) is 0 Å². The Morgan fingerprint density at radius 2 is 1.96 bits per heavy atom. The minimum atomic E-state index is -0.641. The molecule has 0 aliphatic carbocycles. The molecule has 1 fully saturated rings. The SMILES string of the molecule is CN(C)c1cccc(NC(=O)C(=O)NCCCN2CCOCC2)c1. The van der Waals surface area contributed by atoms with E-state index in [0.717, 1.165) is 45.0 Å². The van der Waals surface area contributed by atoms with Gasteiger partial charge in [-0.25, -0.2) is 0 Å². The first-order valence-corrected chi connectivity index (χ1v) is 8.23. The monoisotopic (exact) mass is 334 g/mol. The predicted octanol–water partition coefficient (Wildman–Crippen LogP) is 0.530. The van der Waals surface area contributed by atoms with Crippen molar-refractivity contribution >= 4 is 23.2 Å². The number of morpholine rings is 1. The number of carbonyl (C=O) groups is 2. The van der Waals surface area contributed by atoms with Gasteiger partial charge in [0.2, 0.25) is 0 Å². The molecule has 2 N–H and O–H groups in total. The first-order valence-electron chi connectivity index (χ1n) is 8.23. The van der Waals surface area contributed by atoms with Crippen molar-refractivity contribution in [3.05, 3.63) is 24.3 Å². The van der Waals surface area contributed by atoms with Crippen LogP contribution in [0.15, 0.2) is 24.3 Å². The van der Waals surface area contributed by atoms with E-state index in [9.17, 15) is 9.59 Å². The van der Waals surface area contributed by atoms with Crippen LogP contribution in [-0.4, -0.2) is 70.2 Å². The van der Waals surface area contributed by atoms with Crippen molar-refractivity contribution < 1.29 is 14.3 Å². The highest BCUT2D eigenvalue weighted by molar-refractivity contribution is 6.39. The van der Waals surface area contributed by atoms with E-state index in [0.29, 0.717) is 12.2 Å². The van der Waals surface area contributed by atoms with Crippen molar-refractivity contribution in [2.75, 3.05) is 63.7 Å².